The molecule has 1 aliphatic heterocycles. The van der Waals surface area contributed by atoms with E-state index in [4.69, 9.17) is 15.6 Å². The Hall–Kier alpha value is -0.200. The molecule has 0 aliphatic carbocycles. The minimum absolute atomic E-state index is 0.140. The fourth-order valence-corrected chi connectivity index (χ4v) is 1.77. The van der Waals surface area contributed by atoms with Gasteiger partial charge in [0.25, 0.3) is 0 Å². The SMILES string of the molecule is CC(C)[C@@H]1OC(CO)[C@H](O)C(O)[C@H]1N. The highest BCUT2D eigenvalue weighted by molar-refractivity contribution is 4.95. The topological polar surface area (TPSA) is 95.9 Å². The Morgan fingerprint density at radius 1 is 1.29 bits per heavy atom. The normalized spacial score (nSPS) is 44.4. The van der Waals surface area contributed by atoms with Gasteiger partial charge in [0.05, 0.1) is 18.8 Å². The van der Waals surface area contributed by atoms with Crippen molar-refractivity contribution in [3.63, 3.8) is 0 Å². The number of aliphatic hydroxyl groups is 3. The van der Waals surface area contributed by atoms with Gasteiger partial charge in [-0.3, -0.25) is 0 Å². The second-order valence-electron chi connectivity index (χ2n) is 4.12. The van der Waals surface area contributed by atoms with Crippen molar-refractivity contribution in [3.8, 4) is 0 Å². The lowest BCUT2D eigenvalue weighted by molar-refractivity contribution is -0.198. The molecular formula is C9H19NO4. The molecule has 0 spiro atoms. The average Bonchev–Trinajstić information content (AvgIpc) is 2.14. The summed E-state index contributed by atoms with van der Waals surface area (Å²) < 4.78 is 5.41. The molecule has 14 heavy (non-hydrogen) atoms. The molecule has 0 radical (unpaired) electrons. The summed E-state index contributed by atoms with van der Waals surface area (Å²) in [5.41, 5.74) is 5.71. The van der Waals surface area contributed by atoms with E-state index >= 15 is 0 Å². The largest absolute Gasteiger partial charge is 0.394 e. The molecule has 0 amide bonds. The van der Waals surface area contributed by atoms with Crippen LogP contribution in [0.1, 0.15) is 13.8 Å². The third-order valence-electron chi connectivity index (χ3n) is 2.67. The van der Waals surface area contributed by atoms with Gasteiger partial charge < -0.3 is 25.8 Å². The number of rotatable bonds is 2. The maximum absolute atomic E-state index is 9.60. The van der Waals surface area contributed by atoms with Crippen LogP contribution in [0, 0.1) is 5.92 Å². The zero-order chi connectivity index (χ0) is 10.9. The Kier molecular flexibility index (Phi) is 3.86. The summed E-state index contributed by atoms with van der Waals surface area (Å²) >= 11 is 0. The molecule has 1 aliphatic rings. The smallest absolute Gasteiger partial charge is 0.110 e. The van der Waals surface area contributed by atoms with Crippen molar-refractivity contribution in [1.82, 2.24) is 0 Å². The summed E-state index contributed by atoms with van der Waals surface area (Å²) in [5, 5.41) is 28.0. The van der Waals surface area contributed by atoms with Crippen molar-refractivity contribution in [2.24, 2.45) is 11.7 Å². The minimum atomic E-state index is -1.11. The van der Waals surface area contributed by atoms with E-state index in [9.17, 15) is 10.2 Å². The van der Waals surface area contributed by atoms with Crippen molar-refractivity contribution in [3.05, 3.63) is 0 Å². The molecule has 0 aromatic carbocycles. The van der Waals surface area contributed by atoms with Gasteiger partial charge in [0.1, 0.15) is 18.3 Å². The first kappa shape index (κ1) is 11.9. The molecule has 0 saturated carbocycles. The minimum Gasteiger partial charge on any atom is -0.394 e. The standard InChI is InChI=1S/C9H19NO4/c1-4(2)9-6(10)8(13)7(12)5(3-11)14-9/h4-9,11-13H,3,10H2,1-2H3/t5?,6-,7+,8?,9+/m1/s1. The lowest BCUT2D eigenvalue weighted by atomic mass is 9.88. The van der Waals surface area contributed by atoms with E-state index in [1.165, 1.54) is 0 Å². The maximum atomic E-state index is 9.60. The van der Waals surface area contributed by atoms with Crippen molar-refractivity contribution in [1.29, 1.82) is 0 Å². The second-order valence-corrected chi connectivity index (χ2v) is 4.12. The van der Waals surface area contributed by atoms with Crippen LogP contribution in [0.2, 0.25) is 0 Å². The van der Waals surface area contributed by atoms with Gasteiger partial charge in [0, 0.05) is 0 Å². The maximum Gasteiger partial charge on any atom is 0.110 e. The van der Waals surface area contributed by atoms with Crippen LogP contribution in [0.4, 0.5) is 0 Å². The Bertz CT molecular complexity index is 186. The second kappa shape index (κ2) is 4.55. The van der Waals surface area contributed by atoms with Crippen LogP contribution in [-0.4, -0.2) is 52.4 Å². The van der Waals surface area contributed by atoms with Crippen LogP contribution < -0.4 is 5.73 Å². The van der Waals surface area contributed by atoms with Gasteiger partial charge in [0.2, 0.25) is 0 Å². The third kappa shape index (κ3) is 2.07. The highest BCUT2D eigenvalue weighted by Crippen LogP contribution is 2.24. The van der Waals surface area contributed by atoms with Crippen molar-refractivity contribution in [2.45, 2.75) is 44.3 Å². The van der Waals surface area contributed by atoms with Crippen LogP contribution >= 0.6 is 0 Å². The Labute approximate surface area is 83.5 Å². The van der Waals surface area contributed by atoms with Gasteiger partial charge >= 0.3 is 0 Å². The molecule has 1 saturated heterocycles. The number of nitrogens with two attached hydrogens (primary N) is 1. The lowest BCUT2D eigenvalue weighted by Crippen LogP contribution is -2.63. The highest BCUT2D eigenvalue weighted by atomic mass is 16.5. The molecule has 2 unspecified atom stereocenters. The van der Waals surface area contributed by atoms with E-state index in [1.807, 2.05) is 13.8 Å². The first-order valence-corrected chi connectivity index (χ1v) is 4.87. The van der Waals surface area contributed by atoms with E-state index in [0.29, 0.717) is 0 Å². The summed E-state index contributed by atoms with van der Waals surface area (Å²) in [4.78, 5) is 0. The Morgan fingerprint density at radius 2 is 1.86 bits per heavy atom. The first-order valence-electron chi connectivity index (χ1n) is 4.87. The predicted molar refractivity (Wildman–Crippen MR) is 50.6 cm³/mol. The van der Waals surface area contributed by atoms with Crippen LogP contribution in [-0.2, 0) is 4.74 Å². The van der Waals surface area contributed by atoms with E-state index in [2.05, 4.69) is 0 Å². The average molecular weight is 205 g/mol. The summed E-state index contributed by atoms with van der Waals surface area (Å²) in [6.07, 6.45) is -3.21. The summed E-state index contributed by atoms with van der Waals surface area (Å²) in [5.74, 6) is 0.140. The van der Waals surface area contributed by atoms with E-state index in [1.54, 1.807) is 0 Å². The predicted octanol–water partition coefficient (Wildman–Crippen LogP) is -1.55. The zero-order valence-electron chi connectivity index (χ0n) is 8.50. The van der Waals surface area contributed by atoms with Crippen molar-refractivity contribution < 1.29 is 20.1 Å². The van der Waals surface area contributed by atoms with Crippen LogP contribution in [0.3, 0.4) is 0 Å². The molecule has 0 aromatic rings. The van der Waals surface area contributed by atoms with Gasteiger partial charge in [0.15, 0.2) is 0 Å². The molecule has 84 valence electrons. The van der Waals surface area contributed by atoms with Crippen LogP contribution in [0.15, 0.2) is 0 Å². The number of hydrogen-bond acceptors (Lipinski definition) is 5. The number of hydrogen-bond donors (Lipinski definition) is 4. The van der Waals surface area contributed by atoms with Gasteiger partial charge in [-0.2, -0.15) is 0 Å². The van der Waals surface area contributed by atoms with Gasteiger partial charge in [-0.05, 0) is 5.92 Å². The molecule has 1 heterocycles. The van der Waals surface area contributed by atoms with E-state index in [0.717, 1.165) is 0 Å². The molecule has 0 aromatic heterocycles. The monoisotopic (exact) mass is 205 g/mol. The zero-order valence-corrected chi connectivity index (χ0v) is 8.50. The molecule has 5 heteroatoms. The number of ether oxygens (including phenoxy) is 1. The molecule has 5 nitrogen and oxygen atoms in total. The molecule has 5 atom stereocenters. The highest BCUT2D eigenvalue weighted by Gasteiger charge is 2.43. The first-order chi connectivity index (χ1) is 6.49. The van der Waals surface area contributed by atoms with Crippen molar-refractivity contribution >= 4 is 0 Å². The number of aliphatic hydroxyl groups excluding tert-OH is 3. The Morgan fingerprint density at radius 3 is 2.29 bits per heavy atom. The van der Waals surface area contributed by atoms with Crippen molar-refractivity contribution in [2.75, 3.05) is 6.61 Å². The summed E-state index contributed by atoms with van der Waals surface area (Å²) in [7, 11) is 0. The fourth-order valence-electron chi connectivity index (χ4n) is 1.77. The van der Waals surface area contributed by atoms with E-state index < -0.39 is 24.4 Å². The van der Waals surface area contributed by atoms with Gasteiger partial charge in [-0.25, -0.2) is 0 Å². The summed E-state index contributed by atoms with van der Waals surface area (Å²) in [6.45, 7) is 3.53. The third-order valence-corrected chi connectivity index (χ3v) is 2.67. The quantitative estimate of drug-likeness (QED) is 0.438. The molecule has 1 fully saturated rings. The van der Waals surface area contributed by atoms with E-state index in [-0.39, 0.29) is 18.6 Å². The molecule has 0 bridgehead atoms. The van der Waals surface area contributed by atoms with Gasteiger partial charge in [-0.1, -0.05) is 13.8 Å². The fraction of sp³-hybridized carbons (Fsp3) is 1.00. The summed E-state index contributed by atoms with van der Waals surface area (Å²) in [6, 6.07) is -0.604. The molecule has 1 rings (SSSR count). The molecule has 5 N–H and O–H groups in total. The Balaban J connectivity index is 2.73. The van der Waals surface area contributed by atoms with Crippen LogP contribution in [0.5, 0.6) is 0 Å². The van der Waals surface area contributed by atoms with Gasteiger partial charge in [-0.15, -0.1) is 0 Å². The lowest BCUT2D eigenvalue weighted by Gasteiger charge is -2.42. The molecular weight excluding hydrogens is 186 g/mol. The van der Waals surface area contributed by atoms with Crippen LogP contribution in [0.25, 0.3) is 0 Å².